The Labute approximate surface area is 177 Å². The molecule has 0 radical (unpaired) electrons. The van der Waals surface area contributed by atoms with Crippen LogP contribution in [0.1, 0.15) is 11.1 Å². The minimum atomic E-state index is -0.531. The monoisotopic (exact) mass is 414 g/mol. The first kappa shape index (κ1) is 21.1. The molecule has 0 aromatic heterocycles. The van der Waals surface area contributed by atoms with Crippen molar-refractivity contribution in [2.45, 2.75) is 13.2 Å². The fourth-order valence-corrected chi connectivity index (χ4v) is 3.38. The van der Waals surface area contributed by atoms with E-state index in [1.54, 1.807) is 0 Å². The molecule has 2 aromatic rings. The van der Waals surface area contributed by atoms with E-state index >= 15 is 0 Å². The van der Waals surface area contributed by atoms with Crippen molar-refractivity contribution in [2.75, 3.05) is 52.9 Å². The molecular weight excluding hydrogens is 387 g/mol. The summed E-state index contributed by atoms with van der Waals surface area (Å²) < 4.78 is 40.4. The Bertz CT molecular complexity index is 742. The lowest BCUT2D eigenvalue weighted by Gasteiger charge is -2.17. The van der Waals surface area contributed by atoms with E-state index in [2.05, 4.69) is 0 Å². The summed E-state index contributed by atoms with van der Waals surface area (Å²) in [5, 5.41) is 0. The highest BCUT2D eigenvalue weighted by molar-refractivity contribution is 6.64. The third-order valence-electron chi connectivity index (χ3n) is 4.84. The second-order valence-electron chi connectivity index (χ2n) is 6.95. The predicted molar refractivity (Wildman–Crippen MR) is 111 cm³/mol. The van der Waals surface area contributed by atoms with Crippen LogP contribution >= 0.6 is 0 Å². The van der Waals surface area contributed by atoms with Crippen LogP contribution in [-0.4, -0.2) is 60.0 Å². The van der Waals surface area contributed by atoms with Gasteiger partial charge in [0.25, 0.3) is 0 Å². The van der Waals surface area contributed by atoms with Crippen LogP contribution in [0.15, 0.2) is 42.5 Å². The molecule has 8 heteroatoms. The normalized spacial score (nSPS) is 19.1. The molecule has 2 aromatic carbocycles. The third kappa shape index (κ3) is 5.74. The van der Waals surface area contributed by atoms with Crippen LogP contribution < -0.4 is 14.8 Å². The van der Waals surface area contributed by atoms with E-state index in [1.807, 2.05) is 42.5 Å². The molecule has 4 rings (SSSR count). The van der Waals surface area contributed by atoms with Crippen molar-refractivity contribution < 1.29 is 33.0 Å². The van der Waals surface area contributed by atoms with E-state index in [0.717, 1.165) is 28.1 Å². The summed E-state index contributed by atoms with van der Waals surface area (Å²) in [7, 11) is -0.531. The second-order valence-corrected chi connectivity index (χ2v) is 6.95. The molecule has 2 aliphatic heterocycles. The Balaban J connectivity index is 1.49. The van der Waals surface area contributed by atoms with Gasteiger partial charge in [-0.15, -0.1) is 0 Å². The van der Waals surface area contributed by atoms with Crippen molar-refractivity contribution in [3.05, 3.63) is 53.6 Å². The van der Waals surface area contributed by atoms with Gasteiger partial charge in [-0.1, -0.05) is 30.3 Å². The minimum absolute atomic E-state index is 0.436. The zero-order chi connectivity index (χ0) is 20.4. The van der Waals surface area contributed by atoms with Gasteiger partial charge >= 0.3 is 7.12 Å². The van der Waals surface area contributed by atoms with E-state index in [9.17, 15) is 0 Å². The zero-order valence-electron chi connectivity index (χ0n) is 17.0. The average molecular weight is 414 g/mol. The summed E-state index contributed by atoms with van der Waals surface area (Å²) >= 11 is 0. The molecule has 2 bridgehead atoms. The largest absolute Gasteiger partial charge is 0.633 e. The Morgan fingerprint density at radius 1 is 0.500 bits per heavy atom. The Morgan fingerprint density at radius 3 is 1.40 bits per heavy atom. The molecule has 0 saturated heterocycles. The van der Waals surface area contributed by atoms with Crippen molar-refractivity contribution in [3.63, 3.8) is 0 Å². The van der Waals surface area contributed by atoms with Crippen LogP contribution in [0.25, 0.3) is 0 Å². The van der Waals surface area contributed by atoms with Crippen molar-refractivity contribution >= 4 is 12.6 Å². The zero-order valence-corrected chi connectivity index (χ0v) is 17.0. The predicted octanol–water partition coefficient (Wildman–Crippen LogP) is 1.95. The standard InChI is InChI=1S/C22H27BO7/c1-2-7-21-20(6-1)29-23(30-21)22-18-4-3-5-19(22)17-28-15-13-26-11-9-24-8-10-25-12-14-27-16-18/h1-7H,8-17H2. The average Bonchev–Trinajstić information content (AvgIpc) is 3.19. The summed E-state index contributed by atoms with van der Waals surface area (Å²) in [6, 6.07) is 13.8. The van der Waals surface area contributed by atoms with E-state index in [4.69, 9.17) is 33.0 Å². The maximum atomic E-state index is 6.09. The van der Waals surface area contributed by atoms with Gasteiger partial charge in [0, 0.05) is 5.46 Å². The molecule has 0 fully saturated rings. The van der Waals surface area contributed by atoms with Crippen LogP contribution in [0.3, 0.4) is 0 Å². The van der Waals surface area contributed by atoms with Gasteiger partial charge in [-0.3, -0.25) is 0 Å². The SMILES string of the molecule is c1cc2c(B3Oc4ccccc4O3)c(c1)COCCOCCOCCOCCOC2. The first-order valence-electron chi connectivity index (χ1n) is 10.3. The van der Waals surface area contributed by atoms with Gasteiger partial charge < -0.3 is 33.0 Å². The van der Waals surface area contributed by atoms with Crippen molar-refractivity contribution in [1.29, 1.82) is 0 Å². The van der Waals surface area contributed by atoms with Gasteiger partial charge in [-0.05, 0) is 23.3 Å². The summed E-state index contributed by atoms with van der Waals surface area (Å²) in [6.07, 6.45) is 0. The molecule has 160 valence electrons. The van der Waals surface area contributed by atoms with Crippen LogP contribution in [-0.2, 0) is 36.9 Å². The summed E-state index contributed by atoms with van der Waals surface area (Å²) in [5.74, 6) is 1.48. The molecule has 2 aliphatic rings. The molecule has 2 heterocycles. The Hall–Kier alpha value is -2.10. The van der Waals surface area contributed by atoms with Gasteiger partial charge in [-0.2, -0.15) is 0 Å². The second kappa shape index (κ2) is 11.3. The van der Waals surface area contributed by atoms with Gasteiger partial charge in [0.1, 0.15) is 11.5 Å². The van der Waals surface area contributed by atoms with E-state index in [1.165, 1.54) is 0 Å². The number of hydrogen-bond donors (Lipinski definition) is 0. The molecule has 0 amide bonds. The lowest BCUT2D eigenvalue weighted by atomic mass is 9.73. The molecule has 0 spiro atoms. The number of hydrogen-bond acceptors (Lipinski definition) is 7. The molecule has 0 unspecified atom stereocenters. The van der Waals surface area contributed by atoms with Crippen LogP contribution in [0, 0.1) is 0 Å². The number of rotatable bonds is 1. The maximum Gasteiger partial charge on any atom is 0.633 e. The van der Waals surface area contributed by atoms with Crippen LogP contribution in [0.5, 0.6) is 11.5 Å². The lowest BCUT2D eigenvalue weighted by Crippen LogP contribution is -2.44. The Kier molecular flexibility index (Phi) is 7.99. The van der Waals surface area contributed by atoms with Crippen molar-refractivity contribution in [3.8, 4) is 11.5 Å². The summed E-state index contributed by atoms with van der Waals surface area (Å²) in [6.45, 7) is 5.05. The lowest BCUT2D eigenvalue weighted by molar-refractivity contribution is -0.0142. The van der Waals surface area contributed by atoms with E-state index < -0.39 is 7.12 Å². The number of para-hydroxylation sites is 2. The quantitative estimate of drug-likeness (QED) is 0.661. The molecule has 0 N–H and O–H groups in total. The smallest absolute Gasteiger partial charge is 0.519 e. The molecular formula is C22H27BO7. The van der Waals surface area contributed by atoms with Gasteiger partial charge in [0.2, 0.25) is 0 Å². The Morgan fingerprint density at radius 2 is 0.933 bits per heavy atom. The fourth-order valence-electron chi connectivity index (χ4n) is 3.38. The van der Waals surface area contributed by atoms with Gasteiger partial charge in [-0.25, -0.2) is 0 Å². The molecule has 7 nitrogen and oxygen atoms in total. The topological polar surface area (TPSA) is 64.6 Å². The minimum Gasteiger partial charge on any atom is -0.519 e. The van der Waals surface area contributed by atoms with Crippen molar-refractivity contribution in [1.82, 2.24) is 0 Å². The van der Waals surface area contributed by atoms with Crippen LogP contribution in [0.4, 0.5) is 0 Å². The number of ether oxygens (including phenoxy) is 5. The fraction of sp³-hybridized carbons (Fsp3) is 0.455. The number of benzene rings is 2. The van der Waals surface area contributed by atoms with Crippen LogP contribution in [0.2, 0.25) is 0 Å². The molecule has 30 heavy (non-hydrogen) atoms. The number of fused-ring (bicyclic) bond motifs is 3. The highest BCUT2D eigenvalue weighted by atomic mass is 16.6. The van der Waals surface area contributed by atoms with Gasteiger partial charge in [0.15, 0.2) is 0 Å². The van der Waals surface area contributed by atoms with Gasteiger partial charge in [0.05, 0.1) is 66.1 Å². The van der Waals surface area contributed by atoms with Crippen molar-refractivity contribution in [2.24, 2.45) is 0 Å². The molecule has 0 atom stereocenters. The first-order chi connectivity index (χ1) is 14.9. The molecule has 0 aliphatic carbocycles. The summed E-state index contributed by atoms with van der Waals surface area (Å²) in [4.78, 5) is 0. The highest BCUT2D eigenvalue weighted by Gasteiger charge is 2.37. The third-order valence-corrected chi connectivity index (χ3v) is 4.84. The first-order valence-corrected chi connectivity index (χ1v) is 10.3. The highest BCUT2D eigenvalue weighted by Crippen LogP contribution is 2.33. The summed E-state index contributed by atoms with van der Waals surface area (Å²) in [5.41, 5.74) is 2.97. The maximum absolute atomic E-state index is 6.09. The molecule has 0 saturated carbocycles. The van der Waals surface area contributed by atoms with E-state index in [0.29, 0.717) is 66.1 Å². The van der Waals surface area contributed by atoms with E-state index in [-0.39, 0.29) is 0 Å².